The van der Waals surface area contributed by atoms with E-state index in [-0.39, 0.29) is 5.82 Å². The number of benzene rings is 1. The predicted octanol–water partition coefficient (Wildman–Crippen LogP) is 1.55. The van der Waals surface area contributed by atoms with E-state index in [4.69, 9.17) is 5.73 Å². The summed E-state index contributed by atoms with van der Waals surface area (Å²) < 4.78 is 15.5. The highest BCUT2D eigenvalue weighted by Gasteiger charge is 2.17. The lowest BCUT2D eigenvalue weighted by atomic mass is 10.2. The van der Waals surface area contributed by atoms with E-state index in [1.807, 2.05) is 12.3 Å². The third kappa shape index (κ3) is 2.51. The van der Waals surface area contributed by atoms with Gasteiger partial charge in [0.2, 0.25) is 0 Å². The van der Waals surface area contributed by atoms with Crippen LogP contribution in [-0.2, 0) is 6.54 Å². The number of nitrogens with two attached hydrogens (primary N) is 1. The third-order valence-corrected chi connectivity index (χ3v) is 3.30. The Balaban J connectivity index is 2.45. The Hall–Kier alpha value is -1.47. The molecule has 0 bridgehead atoms. The third-order valence-electron chi connectivity index (χ3n) is 2.52. The van der Waals surface area contributed by atoms with E-state index in [0.717, 1.165) is 11.3 Å². The van der Waals surface area contributed by atoms with Crippen molar-refractivity contribution in [2.75, 3.05) is 12.8 Å². The smallest absolute Gasteiger partial charge is 0.186 e. The van der Waals surface area contributed by atoms with Crippen LogP contribution in [0.2, 0.25) is 0 Å². The maximum atomic E-state index is 14.0. The highest BCUT2D eigenvalue weighted by atomic mass is 32.2. The van der Waals surface area contributed by atoms with Crippen molar-refractivity contribution in [2.24, 2.45) is 5.73 Å². The van der Waals surface area contributed by atoms with E-state index >= 15 is 0 Å². The molecule has 1 heterocycles. The summed E-state index contributed by atoms with van der Waals surface area (Å²) in [5.74, 6) is 0.136. The van der Waals surface area contributed by atoms with Gasteiger partial charge >= 0.3 is 0 Å². The molecule has 96 valence electrons. The summed E-state index contributed by atoms with van der Waals surface area (Å²) in [4.78, 5) is 0.818. The zero-order chi connectivity index (χ0) is 13.0. The van der Waals surface area contributed by atoms with Gasteiger partial charge in [0.25, 0.3) is 0 Å². The van der Waals surface area contributed by atoms with Crippen molar-refractivity contribution < 1.29 is 4.39 Å². The summed E-state index contributed by atoms with van der Waals surface area (Å²) in [6.07, 6.45) is 2.65. The minimum atomic E-state index is -0.314. The van der Waals surface area contributed by atoms with Gasteiger partial charge in [-0.3, -0.25) is 0 Å². The molecule has 0 atom stereocenters. The first-order chi connectivity index (χ1) is 8.77. The molecule has 5 nitrogen and oxygen atoms in total. The van der Waals surface area contributed by atoms with Crippen molar-refractivity contribution in [1.29, 1.82) is 0 Å². The molecule has 0 aliphatic rings. The lowest BCUT2D eigenvalue weighted by Crippen LogP contribution is -2.09. The van der Waals surface area contributed by atoms with Crippen LogP contribution in [0.15, 0.2) is 23.1 Å². The van der Waals surface area contributed by atoms with E-state index in [0.29, 0.717) is 24.5 Å². The summed E-state index contributed by atoms with van der Waals surface area (Å²) in [7, 11) is 0. The summed E-state index contributed by atoms with van der Waals surface area (Å²) in [5.41, 5.74) is 5.91. The number of hydrogen-bond acceptors (Lipinski definition) is 5. The number of aryl methyl sites for hydroxylation is 1. The Morgan fingerprint density at radius 3 is 3.00 bits per heavy atom. The fourth-order valence-corrected chi connectivity index (χ4v) is 2.27. The molecule has 0 unspecified atom stereocenters. The van der Waals surface area contributed by atoms with Gasteiger partial charge in [0.1, 0.15) is 5.82 Å². The van der Waals surface area contributed by atoms with Crippen LogP contribution in [0.3, 0.4) is 0 Å². The van der Waals surface area contributed by atoms with Crippen LogP contribution in [0.4, 0.5) is 4.39 Å². The van der Waals surface area contributed by atoms with Gasteiger partial charge < -0.3 is 5.73 Å². The topological polar surface area (TPSA) is 69.6 Å². The summed E-state index contributed by atoms with van der Waals surface area (Å²) >= 11 is 1.47. The Labute approximate surface area is 109 Å². The molecule has 0 amide bonds. The number of rotatable bonds is 5. The van der Waals surface area contributed by atoms with E-state index in [1.165, 1.54) is 17.8 Å². The minimum absolute atomic E-state index is 0.314. The van der Waals surface area contributed by atoms with E-state index in [9.17, 15) is 4.39 Å². The van der Waals surface area contributed by atoms with Gasteiger partial charge in [-0.2, -0.15) is 0 Å². The minimum Gasteiger partial charge on any atom is -0.330 e. The SMILES string of the molecule is CSc1cccc(F)c1-c1nnnn1CCCN. The molecule has 2 aromatic rings. The van der Waals surface area contributed by atoms with Gasteiger partial charge in [0.05, 0.1) is 5.56 Å². The molecule has 0 radical (unpaired) electrons. The Kier molecular flexibility index (Phi) is 4.27. The molecule has 0 saturated carbocycles. The first kappa shape index (κ1) is 13.0. The second-order valence-electron chi connectivity index (χ2n) is 3.68. The lowest BCUT2D eigenvalue weighted by molar-refractivity contribution is 0.564. The second kappa shape index (κ2) is 5.92. The molecular formula is C11H14FN5S. The Morgan fingerprint density at radius 1 is 1.44 bits per heavy atom. The molecule has 7 heteroatoms. The molecule has 0 aliphatic heterocycles. The van der Waals surface area contributed by atoms with Crippen LogP contribution in [0.1, 0.15) is 6.42 Å². The molecule has 2 N–H and O–H groups in total. The zero-order valence-corrected chi connectivity index (χ0v) is 10.8. The van der Waals surface area contributed by atoms with Crippen molar-refractivity contribution in [3.63, 3.8) is 0 Å². The highest BCUT2D eigenvalue weighted by molar-refractivity contribution is 7.98. The van der Waals surface area contributed by atoms with Crippen molar-refractivity contribution in [1.82, 2.24) is 20.2 Å². The molecule has 1 aromatic heterocycles. The van der Waals surface area contributed by atoms with Gasteiger partial charge in [-0.05, 0) is 41.8 Å². The van der Waals surface area contributed by atoms with Gasteiger partial charge in [-0.1, -0.05) is 6.07 Å². The van der Waals surface area contributed by atoms with Crippen LogP contribution in [0, 0.1) is 5.82 Å². The number of tetrazole rings is 1. The van der Waals surface area contributed by atoms with Gasteiger partial charge in [0, 0.05) is 11.4 Å². The fraction of sp³-hybridized carbons (Fsp3) is 0.364. The quantitative estimate of drug-likeness (QED) is 0.832. The second-order valence-corrected chi connectivity index (χ2v) is 4.53. The van der Waals surface area contributed by atoms with Crippen LogP contribution >= 0.6 is 11.8 Å². The monoisotopic (exact) mass is 267 g/mol. The fourth-order valence-electron chi connectivity index (χ4n) is 1.67. The lowest BCUT2D eigenvalue weighted by Gasteiger charge is -2.08. The first-order valence-electron chi connectivity index (χ1n) is 5.57. The van der Waals surface area contributed by atoms with Gasteiger partial charge in [-0.15, -0.1) is 16.9 Å². The summed E-state index contributed by atoms with van der Waals surface area (Å²) in [6.45, 7) is 1.13. The molecule has 0 fully saturated rings. The number of hydrogen-bond donors (Lipinski definition) is 1. The Morgan fingerprint density at radius 2 is 2.28 bits per heavy atom. The van der Waals surface area contributed by atoms with Gasteiger partial charge in [0.15, 0.2) is 5.82 Å². The standard InChI is InChI=1S/C11H14FN5S/c1-18-9-5-2-4-8(12)10(9)11-14-15-16-17(11)7-3-6-13/h2,4-5H,3,6-7,13H2,1H3. The number of aromatic nitrogens is 4. The van der Waals surface area contributed by atoms with Crippen molar-refractivity contribution in [2.45, 2.75) is 17.9 Å². The molecule has 2 rings (SSSR count). The van der Waals surface area contributed by atoms with Crippen LogP contribution < -0.4 is 5.73 Å². The molecule has 1 aromatic carbocycles. The average molecular weight is 267 g/mol. The maximum Gasteiger partial charge on any atom is 0.186 e. The maximum absolute atomic E-state index is 14.0. The van der Waals surface area contributed by atoms with Crippen LogP contribution in [-0.4, -0.2) is 33.0 Å². The molecule has 0 aliphatic carbocycles. The van der Waals surface area contributed by atoms with E-state index in [2.05, 4.69) is 15.5 Å². The normalized spacial score (nSPS) is 10.8. The highest BCUT2D eigenvalue weighted by Crippen LogP contribution is 2.30. The summed E-state index contributed by atoms with van der Waals surface area (Å²) in [5, 5.41) is 11.4. The first-order valence-corrected chi connectivity index (χ1v) is 6.79. The van der Waals surface area contributed by atoms with Crippen LogP contribution in [0.5, 0.6) is 0 Å². The number of thioether (sulfide) groups is 1. The molecular weight excluding hydrogens is 253 g/mol. The Bertz CT molecular complexity index is 528. The van der Waals surface area contributed by atoms with Gasteiger partial charge in [-0.25, -0.2) is 9.07 Å². The predicted molar refractivity (Wildman–Crippen MR) is 68.7 cm³/mol. The number of halogens is 1. The van der Waals surface area contributed by atoms with Crippen molar-refractivity contribution >= 4 is 11.8 Å². The number of nitrogens with zero attached hydrogens (tertiary/aromatic N) is 4. The molecule has 18 heavy (non-hydrogen) atoms. The van der Waals surface area contributed by atoms with E-state index < -0.39 is 0 Å². The molecule has 0 spiro atoms. The van der Waals surface area contributed by atoms with Crippen molar-refractivity contribution in [3.8, 4) is 11.4 Å². The van der Waals surface area contributed by atoms with Crippen molar-refractivity contribution in [3.05, 3.63) is 24.0 Å². The summed E-state index contributed by atoms with van der Waals surface area (Å²) in [6, 6.07) is 4.95. The largest absolute Gasteiger partial charge is 0.330 e. The average Bonchev–Trinajstić information content (AvgIpc) is 2.83. The zero-order valence-electron chi connectivity index (χ0n) is 10.0. The van der Waals surface area contributed by atoms with E-state index in [1.54, 1.807) is 10.7 Å². The van der Waals surface area contributed by atoms with Crippen LogP contribution in [0.25, 0.3) is 11.4 Å². The molecule has 0 saturated heterocycles.